The van der Waals surface area contributed by atoms with E-state index in [0.29, 0.717) is 5.41 Å². The molecule has 1 spiro atoms. The van der Waals surface area contributed by atoms with Gasteiger partial charge in [-0.05, 0) is 90.7 Å². The van der Waals surface area contributed by atoms with Gasteiger partial charge in [0.15, 0.2) is 0 Å². The van der Waals surface area contributed by atoms with Crippen molar-refractivity contribution >= 4 is 5.57 Å². The molecule has 0 N–H and O–H groups in total. The molecule has 2 unspecified atom stereocenters. The van der Waals surface area contributed by atoms with Gasteiger partial charge in [0, 0.05) is 5.57 Å². The molecule has 1 aromatic rings. The van der Waals surface area contributed by atoms with Crippen LogP contribution in [0.5, 0.6) is 0 Å². The van der Waals surface area contributed by atoms with E-state index in [0.717, 1.165) is 23.7 Å². The van der Waals surface area contributed by atoms with Gasteiger partial charge in [-0.3, -0.25) is 0 Å². The van der Waals surface area contributed by atoms with Crippen molar-refractivity contribution in [2.75, 3.05) is 0 Å². The van der Waals surface area contributed by atoms with Crippen LogP contribution in [0, 0.1) is 17.8 Å². The SMILES string of the molecule is C=C=C1c2cc(C3CC3)ccc2C2(CCC(C)CC2)C2CC12. The standard InChI is InChI=1S/C22H26/c1-3-17-18-12-16(15-4-5-15)6-7-20(18)22(21-13-19(17)21)10-8-14(2)9-11-22/h6-7,12,14-15,19,21H,1,4-5,8-11,13H2,2H3. The highest BCUT2D eigenvalue weighted by atomic mass is 14.6. The van der Waals surface area contributed by atoms with Crippen LogP contribution < -0.4 is 0 Å². The van der Waals surface area contributed by atoms with Crippen molar-refractivity contribution in [3.05, 3.63) is 47.2 Å². The molecular weight excluding hydrogens is 264 g/mol. The largest absolute Gasteiger partial charge is 0.124 e. The Balaban J connectivity index is 1.66. The first-order valence-electron chi connectivity index (χ1n) is 9.27. The average molecular weight is 290 g/mol. The van der Waals surface area contributed by atoms with Gasteiger partial charge in [0.25, 0.3) is 0 Å². The Morgan fingerprint density at radius 3 is 2.59 bits per heavy atom. The highest BCUT2D eigenvalue weighted by molar-refractivity contribution is 5.76. The molecule has 3 saturated carbocycles. The van der Waals surface area contributed by atoms with E-state index in [1.54, 1.807) is 11.1 Å². The van der Waals surface area contributed by atoms with Crippen LogP contribution >= 0.6 is 0 Å². The first-order valence-corrected chi connectivity index (χ1v) is 9.27. The molecule has 4 aliphatic carbocycles. The number of benzene rings is 1. The highest BCUT2D eigenvalue weighted by Crippen LogP contribution is 2.67. The van der Waals surface area contributed by atoms with Crippen LogP contribution in [0.3, 0.4) is 0 Å². The Hall–Kier alpha value is -1.26. The zero-order valence-electron chi connectivity index (χ0n) is 13.7. The Kier molecular flexibility index (Phi) is 2.63. The van der Waals surface area contributed by atoms with E-state index in [1.807, 2.05) is 0 Å². The molecule has 4 aliphatic rings. The van der Waals surface area contributed by atoms with Gasteiger partial charge in [-0.15, -0.1) is 5.73 Å². The monoisotopic (exact) mass is 290 g/mol. The fourth-order valence-electron chi connectivity index (χ4n) is 5.56. The van der Waals surface area contributed by atoms with Crippen molar-refractivity contribution < 1.29 is 0 Å². The van der Waals surface area contributed by atoms with Crippen molar-refractivity contribution in [2.45, 2.75) is 63.2 Å². The predicted molar refractivity (Wildman–Crippen MR) is 91.9 cm³/mol. The molecule has 0 saturated heterocycles. The van der Waals surface area contributed by atoms with Gasteiger partial charge in [-0.1, -0.05) is 31.7 Å². The van der Waals surface area contributed by atoms with Gasteiger partial charge >= 0.3 is 0 Å². The normalized spacial score (nSPS) is 39.1. The molecule has 2 atom stereocenters. The molecular formula is C22H26. The lowest BCUT2D eigenvalue weighted by Crippen LogP contribution is -2.37. The van der Waals surface area contributed by atoms with Crippen LogP contribution in [-0.4, -0.2) is 0 Å². The lowest BCUT2D eigenvalue weighted by atomic mass is 9.59. The van der Waals surface area contributed by atoms with Crippen LogP contribution in [0.1, 0.15) is 74.5 Å². The first-order chi connectivity index (χ1) is 10.7. The summed E-state index contributed by atoms with van der Waals surface area (Å²) in [7, 11) is 0. The number of allylic oxidation sites excluding steroid dienone is 1. The van der Waals surface area contributed by atoms with Gasteiger partial charge in [-0.2, -0.15) is 0 Å². The molecule has 0 heterocycles. The van der Waals surface area contributed by atoms with Gasteiger partial charge in [0.05, 0.1) is 0 Å². The second-order valence-electron chi connectivity index (χ2n) is 8.46. The van der Waals surface area contributed by atoms with Crippen molar-refractivity contribution in [1.82, 2.24) is 0 Å². The van der Waals surface area contributed by atoms with Crippen LogP contribution in [0.2, 0.25) is 0 Å². The summed E-state index contributed by atoms with van der Waals surface area (Å²) >= 11 is 0. The summed E-state index contributed by atoms with van der Waals surface area (Å²) in [4.78, 5) is 0. The maximum atomic E-state index is 4.03. The van der Waals surface area contributed by atoms with E-state index in [2.05, 4.69) is 37.4 Å². The average Bonchev–Trinajstić information content (AvgIpc) is 3.42. The zero-order valence-corrected chi connectivity index (χ0v) is 13.7. The molecule has 0 nitrogen and oxygen atoms in total. The highest BCUT2D eigenvalue weighted by Gasteiger charge is 2.59. The van der Waals surface area contributed by atoms with Crippen molar-refractivity contribution in [2.24, 2.45) is 17.8 Å². The maximum absolute atomic E-state index is 4.03. The predicted octanol–water partition coefficient (Wildman–Crippen LogP) is 5.83. The molecule has 0 aromatic heterocycles. The maximum Gasteiger partial charge on any atom is 0.00431 e. The minimum absolute atomic E-state index is 0.495. The van der Waals surface area contributed by atoms with E-state index >= 15 is 0 Å². The third-order valence-corrected chi connectivity index (χ3v) is 7.15. The molecule has 0 aliphatic heterocycles. The summed E-state index contributed by atoms with van der Waals surface area (Å²) < 4.78 is 0. The quantitative estimate of drug-likeness (QED) is 0.571. The third kappa shape index (κ3) is 1.71. The fourth-order valence-corrected chi connectivity index (χ4v) is 5.56. The van der Waals surface area contributed by atoms with E-state index < -0.39 is 0 Å². The Morgan fingerprint density at radius 1 is 1.14 bits per heavy atom. The summed E-state index contributed by atoms with van der Waals surface area (Å²) in [5.41, 5.74) is 10.1. The Morgan fingerprint density at radius 2 is 1.91 bits per heavy atom. The molecule has 0 heteroatoms. The summed E-state index contributed by atoms with van der Waals surface area (Å²) in [6.45, 7) is 6.47. The van der Waals surface area contributed by atoms with Crippen LogP contribution in [0.15, 0.2) is 30.5 Å². The topological polar surface area (TPSA) is 0 Å². The molecule has 1 aromatic carbocycles. The van der Waals surface area contributed by atoms with Crippen molar-refractivity contribution in [3.63, 3.8) is 0 Å². The van der Waals surface area contributed by atoms with Crippen LogP contribution in [0.4, 0.5) is 0 Å². The molecule has 3 fully saturated rings. The Bertz CT molecular complexity index is 676. The number of fused-ring (bicyclic) bond motifs is 4. The first kappa shape index (κ1) is 13.2. The minimum atomic E-state index is 0.495. The number of hydrogen-bond donors (Lipinski definition) is 0. The molecule has 114 valence electrons. The zero-order chi connectivity index (χ0) is 14.9. The van der Waals surface area contributed by atoms with Crippen molar-refractivity contribution in [3.8, 4) is 0 Å². The summed E-state index contributed by atoms with van der Waals surface area (Å²) in [6.07, 6.45) is 9.83. The van der Waals surface area contributed by atoms with Gasteiger partial charge in [0.1, 0.15) is 0 Å². The van der Waals surface area contributed by atoms with E-state index in [-0.39, 0.29) is 0 Å². The van der Waals surface area contributed by atoms with Gasteiger partial charge in [-0.25, -0.2) is 0 Å². The van der Waals surface area contributed by atoms with Crippen LogP contribution in [-0.2, 0) is 5.41 Å². The fraction of sp³-hybridized carbons (Fsp3) is 0.591. The molecule has 0 amide bonds. The van der Waals surface area contributed by atoms with Gasteiger partial charge in [0.2, 0.25) is 0 Å². The number of rotatable bonds is 1. The summed E-state index contributed by atoms with van der Waals surface area (Å²) in [5.74, 6) is 3.43. The lowest BCUT2D eigenvalue weighted by molar-refractivity contribution is 0.205. The van der Waals surface area contributed by atoms with Gasteiger partial charge < -0.3 is 0 Å². The van der Waals surface area contributed by atoms with Crippen LogP contribution in [0.25, 0.3) is 5.57 Å². The second-order valence-corrected chi connectivity index (χ2v) is 8.46. The molecule has 22 heavy (non-hydrogen) atoms. The summed E-state index contributed by atoms with van der Waals surface area (Å²) in [5, 5.41) is 0. The van der Waals surface area contributed by atoms with E-state index in [4.69, 9.17) is 0 Å². The van der Waals surface area contributed by atoms with E-state index in [1.165, 1.54) is 56.1 Å². The Labute approximate surface area is 134 Å². The molecule has 5 rings (SSSR count). The van der Waals surface area contributed by atoms with E-state index in [9.17, 15) is 0 Å². The number of hydrogen-bond acceptors (Lipinski definition) is 0. The smallest absolute Gasteiger partial charge is 0.00431 e. The lowest BCUT2D eigenvalue weighted by Gasteiger charge is -2.44. The minimum Gasteiger partial charge on any atom is -0.124 e. The molecule has 0 bridgehead atoms. The van der Waals surface area contributed by atoms with Crippen molar-refractivity contribution in [1.29, 1.82) is 0 Å². The molecule has 0 radical (unpaired) electrons. The summed E-state index contributed by atoms with van der Waals surface area (Å²) in [6, 6.07) is 7.47. The second kappa shape index (κ2) is 4.39. The third-order valence-electron chi connectivity index (χ3n) is 7.15.